The number of carbonyl (C=O) groups is 2. The Morgan fingerprint density at radius 3 is 2.48 bits per heavy atom. The van der Waals surface area contributed by atoms with Crippen molar-refractivity contribution in [3.05, 3.63) is 0 Å². The molecule has 2 atom stereocenters. The minimum atomic E-state index is -4.03. The zero-order valence-electron chi connectivity index (χ0n) is 12.7. The fourth-order valence-electron chi connectivity index (χ4n) is 3.72. The first-order valence-electron chi connectivity index (χ1n) is 7.27. The minimum absolute atomic E-state index is 0.0984. The van der Waals surface area contributed by atoms with Crippen molar-refractivity contribution in [3.8, 4) is 0 Å². The van der Waals surface area contributed by atoms with Gasteiger partial charge in [-0.15, -0.1) is 0 Å². The van der Waals surface area contributed by atoms with E-state index in [1.54, 1.807) is 6.92 Å². The molecule has 2 unspecified atom stereocenters. The van der Waals surface area contributed by atoms with Crippen LogP contribution in [0.3, 0.4) is 0 Å². The lowest BCUT2D eigenvalue weighted by Crippen LogP contribution is -2.51. The third-order valence-electron chi connectivity index (χ3n) is 5.09. The molecule has 2 rings (SSSR count). The molecule has 0 aromatic heterocycles. The molecule has 0 aliphatic heterocycles. The van der Waals surface area contributed by atoms with Gasteiger partial charge in [0, 0.05) is 12.8 Å². The molecule has 0 saturated heterocycles. The van der Waals surface area contributed by atoms with Crippen molar-refractivity contribution in [2.45, 2.75) is 51.2 Å². The topological polar surface area (TPSA) is 86.7 Å². The van der Waals surface area contributed by atoms with E-state index in [0.29, 0.717) is 12.8 Å². The quantitative estimate of drug-likeness (QED) is 0.418. The fourth-order valence-corrected chi connectivity index (χ4v) is 5.75. The van der Waals surface area contributed by atoms with E-state index in [4.69, 9.17) is 8.92 Å². The van der Waals surface area contributed by atoms with Crippen LogP contribution in [0.15, 0.2) is 0 Å². The number of ketones is 1. The van der Waals surface area contributed by atoms with Gasteiger partial charge in [-0.25, -0.2) is 0 Å². The number of Topliss-reactive ketones (excluding diaryl/α,β-unsaturated/α-hetero) is 1. The van der Waals surface area contributed by atoms with Crippen molar-refractivity contribution < 1.29 is 26.9 Å². The molecule has 0 N–H and O–H groups in total. The van der Waals surface area contributed by atoms with Gasteiger partial charge in [0.1, 0.15) is 13.2 Å². The summed E-state index contributed by atoms with van der Waals surface area (Å²) in [5.41, 5.74) is -0.608. The Labute approximate surface area is 125 Å². The van der Waals surface area contributed by atoms with Crippen LogP contribution in [-0.4, -0.2) is 38.1 Å². The first-order valence-corrected chi connectivity index (χ1v) is 8.68. The molecule has 6 nitrogen and oxygen atoms in total. The molecule has 21 heavy (non-hydrogen) atoms. The Kier molecular flexibility index (Phi) is 4.19. The van der Waals surface area contributed by atoms with Crippen molar-refractivity contribution in [2.24, 2.45) is 11.3 Å². The van der Waals surface area contributed by atoms with Gasteiger partial charge in [0.2, 0.25) is 0 Å². The predicted molar refractivity (Wildman–Crippen MR) is 75.0 cm³/mol. The summed E-state index contributed by atoms with van der Waals surface area (Å²) in [6, 6.07) is 0. The molecular weight excluding hydrogens is 296 g/mol. The molecule has 2 aliphatic carbocycles. The van der Waals surface area contributed by atoms with Crippen LogP contribution in [0.1, 0.15) is 46.5 Å². The number of fused-ring (bicyclic) bond motifs is 2. The molecule has 0 amide bonds. The highest BCUT2D eigenvalue weighted by Crippen LogP contribution is 2.62. The lowest BCUT2D eigenvalue weighted by atomic mass is 9.81. The van der Waals surface area contributed by atoms with Gasteiger partial charge in [-0.3, -0.25) is 13.8 Å². The third-order valence-corrected chi connectivity index (χ3v) is 7.38. The molecule has 2 fully saturated rings. The second kappa shape index (κ2) is 5.35. The molecule has 0 aromatic rings. The summed E-state index contributed by atoms with van der Waals surface area (Å²) in [5.74, 6) is -0.553. The molecule has 120 valence electrons. The van der Waals surface area contributed by atoms with Crippen molar-refractivity contribution >= 4 is 21.9 Å². The van der Waals surface area contributed by atoms with Gasteiger partial charge >= 0.3 is 5.97 Å². The first kappa shape index (κ1) is 16.4. The van der Waals surface area contributed by atoms with Crippen molar-refractivity contribution in [2.75, 3.05) is 13.2 Å². The molecule has 0 radical (unpaired) electrons. The lowest BCUT2D eigenvalue weighted by Gasteiger charge is -2.34. The van der Waals surface area contributed by atoms with Gasteiger partial charge in [-0.1, -0.05) is 20.8 Å². The summed E-state index contributed by atoms with van der Waals surface area (Å²) >= 11 is 0. The van der Waals surface area contributed by atoms with Gasteiger partial charge in [-0.05, 0) is 24.2 Å². The summed E-state index contributed by atoms with van der Waals surface area (Å²) in [7, 11) is -4.03. The second-order valence-electron chi connectivity index (χ2n) is 6.26. The smallest absolute Gasteiger partial charge is 0.305 e. The summed E-state index contributed by atoms with van der Waals surface area (Å²) in [6.45, 7) is 4.93. The van der Waals surface area contributed by atoms with Crippen LogP contribution in [0.2, 0.25) is 0 Å². The Morgan fingerprint density at radius 2 is 2.00 bits per heavy atom. The van der Waals surface area contributed by atoms with Crippen LogP contribution in [0.25, 0.3) is 0 Å². The first-order chi connectivity index (χ1) is 9.69. The largest absolute Gasteiger partial charge is 0.463 e. The van der Waals surface area contributed by atoms with Gasteiger partial charge in [0.05, 0.1) is 0 Å². The van der Waals surface area contributed by atoms with Crippen LogP contribution in [0.4, 0.5) is 0 Å². The number of hydrogen-bond donors (Lipinski definition) is 0. The summed E-state index contributed by atoms with van der Waals surface area (Å²) in [5, 5.41) is 0. The fraction of sp³-hybridized carbons (Fsp3) is 0.857. The molecule has 0 aromatic carbocycles. The normalized spacial score (nSPS) is 30.6. The van der Waals surface area contributed by atoms with E-state index < -0.39 is 26.2 Å². The highest BCUT2D eigenvalue weighted by atomic mass is 32.2. The van der Waals surface area contributed by atoms with Crippen LogP contribution >= 0.6 is 0 Å². The van der Waals surface area contributed by atoms with E-state index in [9.17, 15) is 18.0 Å². The zero-order chi connectivity index (χ0) is 15.9. The lowest BCUT2D eigenvalue weighted by molar-refractivity contribution is -0.144. The maximum absolute atomic E-state index is 12.6. The molecule has 7 heteroatoms. The predicted octanol–water partition coefficient (Wildman–Crippen LogP) is 1.43. The minimum Gasteiger partial charge on any atom is -0.463 e. The van der Waals surface area contributed by atoms with E-state index in [1.165, 1.54) is 0 Å². The van der Waals surface area contributed by atoms with Crippen molar-refractivity contribution in [1.82, 2.24) is 0 Å². The number of ether oxygens (including phenoxy) is 1. The maximum atomic E-state index is 12.6. The Morgan fingerprint density at radius 1 is 1.33 bits per heavy atom. The van der Waals surface area contributed by atoms with Gasteiger partial charge in [0.15, 0.2) is 10.5 Å². The van der Waals surface area contributed by atoms with E-state index in [0.717, 1.165) is 6.42 Å². The second-order valence-corrected chi connectivity index (χ2v) is 8.10. The molecule has 2 bridgehead atoms. The van der Waals surface area contributed by atoms with Gasteiger partial charge in [0.25, 0.3) is 10.1 Å². The average molecular weight is 318 g/mol. The zero-order valence-corrected chi connectivity index (χ0v) is 13.5. The van der Waals surface area contributed by atoms with Crippen molar-refractivity contribution in [1.29, 1.82) is 0 Å². The molecule has 2 saturated carbocycles. The van der Waals surface area contributed by atoms with E-state index >= 15 is 0 Å². The number of esters is 1. The molecule has 2 aliphatic rings. The third kappa shape index (κ3) is 2.30. The van der Waals surface area contributed by atoms with E-state index in [1.807, 2.05) is 13.8 Å². The highest BCUT2D eigenvalue weighted by molar-refractivity contribution is 7.89. The van der Waals surface area contributed by atoms with Crippen LogP contribution in [0, 0.1) is 11.3 Å². The number of rotatable bonds is 6. The van der Waals surface area contributed by atoms with Crippen molar-refractivity contribution in [3.63, 3.8) is 0 Å². The highest BCUT2D eigenvalue weighted by Gasteiger charge is 2.71. The van der Waals surface area contributed by atoms with E-state index in [-0.39, 0.29) is 31.3 Å². The number of hydrogen-bond acceptors (Lipinski definition) is 6. The summed E-state index contributed by atoms with van der Waals surface area (Å²) < 4.78 is 33.5. The van der Waals surface area contributed by atoms with Gasteiger partial charge < -0.3 is 4.74 Å². The molecular formula is C14H22O6S. The van der Waals surface area contributed by atoms with Gasteiger partial charge in [-0.2, -0.15) is 8.42 Å². The van der Waals surface area contributed by atoms with Crippen LogP contribution < -0.4 is 0 Å². The molecule has 0 spiro atoms. The Bertz CT molecular complexity index is 550. The average Bonchev–Trinajstić information content (AvgIpc) is 2.78. The Balaban J connectivity index is 2.09. The summed E-state index contributed by atoms with van der Waals surface area (Å²) in [4.78, 5) is 23.3. The van der Waals surface area contributed by atoms with Crippen LogP contribution in [-0.2, 0) is 28.6 Å². The van der Waals surface area contributed by atoms with E-state index in [2.05, 4.69) is 0 Å². The summed E-state index contributed by atoms with van der Waals surface area (Å²) in [6.07, 6.45) is 1.58. The van der Waals surface area contributed by atoms with Crippen LogP contribution in [0.5, 0.6) is 0 Å². The SMILES string of the molecule is CCC(=O)OCCOS(=O)(=O)C12CCC(CC1=O)C2(C)C. The standard InChI is InChI=1S/C14H22O6S/c1-4-12(16)19-7-8-20-21(17,18)14-6-5-10(9-11(14)15)13(14,2)3/h10H,4-9H2,1-3H3. The maximum Gasteiger partial charge on any atom is 0.305 e. The monoisotopic (exact) mass is 318 g/mol. The Hall–Kier alpha value is -0.950. The molecule has 0 heterocycles. The number of carbonyl (C=O) groups excluding carboxylic acids is 2.